The van der Waals surface area contributed by atoms with E-state index in [0.29, 0.717) is 0 Å². The summed E-state index contributed by atoms with van der Waals surface area (Å²) in [5.41, 5.74) is 17.8. The van der Waals surface area contributed by atoms with E-state index in [0.717, 1.165) is 34.1 Å². The Balaban J connectivity index is 1.13. The van der Waals surface area contributed by atoms with E-state index in [1.807, 2.05) is 0 Å². The monoisotopic (exact) mass is 741 g/mol. The first-order chi connectivity index (χ1) is 28.5. The molecule has 0 saturated heterocycles. The molecule has 2 aliphatic carbocycles. The number of benzene rings is 9. The number of hydrogen-bond acceptors (Lipinski definition) is 2. The van der Waals surface area contributed by atoms with Crippen molar-refractivity contribution in [3.8, 4) is 44.9 Å². The zero-order valence-corrected chi connectivity index (χ0v) is 32.4. The van der Waals surface area contributed by atoms with Crippen LogP contribution in [0.25, 0.3) is 44.2 Å². The second-order valence-electron chi connectivity index (χ2n) is 16.4. The molecule has 0 saturated carbocycles. The maximum absolute atomic E-state index is 6.84. The number of fused-ring (bicyclic) bond motifs is 14. The van der Waals surface area contributed by atoms with E-state index in [2.05, 4.69) is 219 Å². The van der Waals surface area contributed by atoms with Crippen molar-refractivity contribution in [3.05, 3.63) is 234 Å². The summed E-state index contributed by atoms with van der Waals surface area (Å²) in [5, 5.41) is 2.41. The van der Waals surface area contributed by atoms with Crippen LogP contribution in [0.15, 0.2) is 200 Å². The normalized spacial score (nSPS) is 16.1. The number of anilines is 3. The Morgan fingerprint density at radius 1 is 0.379 bits per heavy atom. The van der Waals surface area contributed by atoms with Gasteiger partial charge in [-0.1, -0.05) is 166 Å². The van der Waals surface area contributed by atoms with E-state index in [9.17, 15) is 0 Å². The lowest BCUT2D eigenvalue weighted by atomic mass is 9.65. The van der Waals surface area contributed by atoms with Crippen molar-refractivity contribution in [1.82, 2.24) is 0 Å². The van der Waals surface area contributed by atoms with E-state index >= 15 is 0 Å². The number of para-hydroxylation sites is 1. The second-order valence-corrected chi connectivity index (χ2v) is 16.4. The van der Waals surface area contributed by atoms with Gasteiger partial charge in [-0.15, -0.1) is 0 Å². The first kappa shape index (κ1) is 33.0. The summed E-state index contributed by atoms with van der Waals surface area (Å²) >= 11 is 0. The quantitative estimate of drug-likeness (QED) is 0.178. The summed E-state index contributed by atoms with van der Waals surface area (Å²) in [4.78, 5) is 2.46. The first-order valence-electron chi connectivity index (χ1n) is 20.3. The molecule has 1 atom stereocenters. The molecular formula is C56H39NO. The van der Waals surface area contributed by atoms with E-state index < -0.39 is 5.41 Å². The highest BCUT2D eigenvalue weighted by atomic mass is 16.5. The molecule has 58 heavy (non-hydrogen) atoms. The van der Waals surface area contributed by atoms with Crippen LogP contribution in [0.5, 0.6) is 11.5 Å². The topological polar surface area (TPSA) is 12.5 Å². The van der Waals surface area contributed by atoms with Gasteiger partial charge in [0.1, 0.15) is 11.5 Å². The molecule has 9 aromatic carbocycles. The number of hydrogen-bond donors (Lipinski definition) is 0. The number of rotatable bonds is 4. The van der Waals surface area contributed by atoms with Gasteiger partial charge in [0.25, 0.3) is 0 Å². The summed E-state index contributed by atoms with van der Waals surface area (Å²) < 4.78 is 6.84. The zero-order valence-electron chi connectivity index (χ0n) is 32.4. The van der Waals surface area contributed by atoms with Crippen molar-refractivity contribution in [3.63, 3.8) is 0 Å². The van der Waals surface area contributed by atoms with Crippen LogP contribution in [-0.4, -0.2) is 0 Å². The van der Waals surface area contributed by atoms with Crippen molar-refractivity contribution in [1.29, 1.82) is 0 Å². The average molecular weight is 742 g/mol. The molecule has 0 bridgehead atoms. The third kappa shape index (κ3) is 4.49. The fourth-order valence-corrected chi connectivity index (χ4v) is 10.5. The lowest BCUT2D eigenvalue weighted by Crippen LogP contribution is -2.32. The largest absolute Gasteiger partial charge is 0.457 e. The van der Waals surface area contributed by atoms with Gasteiger partial charge in [-0.25, -0.2) is 0 Å². The Labute approximate surface area is 339 Å². The van der Waals surface area contributed by atoms with Gasteiger partial charge in [0.15, 0.2) is 0 Å². The highest BCUT2D eigenvalue weighted by Crippen LogP contribution is 2.64. The van der Waals surface area contributed by atoms with Crippen LogP contribution in [-0.2, 0) is 10.8 Å². The van der Waals surface area contributed by atoms with Crippen molar-refractivity contribution in [2.75, 3.05) is 4.90 Å². The maximum atomic E-state index is 6.84. The van der Waals surface area contributed by atoms with E-state index in [1.54, 1.807) is 0 Å². The van der Waals surface area contributed by atoms with Gasteiger partial charge in [-0.3, -0.25) is 0 Å². The zero-order chi connectivity index (χ0) is 38.6. The van der Waals surface area contributed by atoms with Crippen LogP contribution in [0.2, 0.25) is 0 Å². The summed E-state index contributed by atoms with van der Waals surface area (Å²) in [6.45, 7) is 4.72. The summed E-state index contributed by atoms with van der Waals surface area (Å²) in [6.07, 6.45) is 0. The smallest absolute Gasteiger partial charge is 0.132 e. The second kappa shape index (κ2) is 12.2. The number of nitrogens with zero attached hydrogens (tertiary/aromatic N) is 1. The lowest BCUT2D eigenvalue weighted by molar-refractivity contribution is 0.438. The van der Waals surface area contributed by atoms with Crippen LogP contribution < -0.4 is 9.64 Å². The molecule has 2 nitrogen and oxygen atoms in total. The van der Waals surface area contributed by atoms with Gasteiger partial charge in [-0.2, -0.15) is 0 Å². The maximum Gasteiger partial charge on any atom is 0.132 e. The molecule has 0 radical (unpaired) electrons. The van der Waals surface area contributed by atoms with E-state index in [-0.39, 0.29) is 5.41 Å². The Bertz CT molecular complexity index is 3120. The van der Waals surface area contributed by atoms with Crippen molar-refractivity contribution >= 4 is 27.8 Å². The standard InChI is InChI=1S/C56H39NO/c1-55(2)47-20-10-8-18-43(47)45-31-29-40(34-50(45)55)57(39-27-24-37(25-28-39)36-14-4-3-5-15-36)41-30-32-46-44-19-9-11-21-48(44)56(51(46)35-41)49-22-12-13-23-52(49)58-53-33-26-38-16-6-7-17-42(38)54(53)56/h3-35H,1-2H3. The molecule has 9 aromatic rings. The molecule has 0 amide bonds. The van der Waals surface area contributed by atoms with Gasteiger partial charge < -0.3 is 9.64 Å². The highest BCUT2D eigenvalue weighted by molar-refractivity contribution is 5.98. The summed E-state index contributed by atoms with van der Waals surface area (Å²) in [6, 6.07) is 73.6. The highest BCUT2D eigenvalue weighted by Gasteiger charge is 2.52. The minimum atomic E-state index is -0.614. The molecule has 1 aliphatic heterocycles. The Kier molecular flexibility index (Phi) is 6.93. The fraction of sp³-hybridized carbons (Fsp3) is 0.0714. The van der Waals surface area contributed by atoms with Crippen molar-refractivity contribution < 1.29 is 4.74 Å². The molecule has 1 unspecified atom stereocenters. The summed E-state index contributed by atoms with van der Waals surface area (Å²) in [5.74, 6) is 1.80. The van der Waals surface area contributed by atoms with Crippen molar-refractivity contribution in [2.45, 2.75) is 24.7 Å². The van der Waals surface area contributed by atoms with Crippen molar-refractivity contribution in [2.24, 2.45) is 0 Å². The molecular weight excluding hydrogens is 703 g/mol. The predicted octanol–water partition coefficient (Wildman–Crippen LogP) is 14.8. The van der Waals surface area contributed by atoms with Crippen LogP contribution in [0.4, 0.5) is 17.1 Å². The van der Waals surface area contributed by atoms with Gasteiger partial charge >= 0.3 is 0 Å². The molecule has 1 spiro atoms. The minimum Gasteiger partial charge on any atom is -0.457 e. The third-order valence-electron chi connectivity index (χ3n) is 13.1. The predicted molar refractivity (Wildman–Crippen MR) is 239 cm³/mol. The molecule has 2 heteroatoms. The van der Waals surface area contributed by atoms with Crippen LogP contribution in [0.1, 0.15) is 47.2 Å². The Morgan fingerprint density at radius 3 is 1.71 bits per heavy atom. The summed E-state index contributed by atoms with van der Waals surface area (Å²) in [7, 11) is 0. The van der Waals surface area contributed by atoms with E-state index in [1.165, 1.54) is 72.0 Å². The molecule has 0 aromatic heterocycles. The molecule has 1 heterocycles. The first-order valence-corrected chi connectivity index (χ1v) is 20.3. The average Bonchev–Trinajstić information content (AvgIpc) is 3.69. The van der Waals surface area contributed by atoms with E-state index in [4.69, 9.17) is 4.74 Å². The molecule has 274 valence electrons. The fourth-order valence-electron chi connectivity index (χ4n) is 10.5. The third-order valence-corrected chi connectivity index (χ3v) is 13.1. The molecule has 12 rings (SSSR count). The van der Waals surface area contributed by atoms with Crippen LogP contribution in [0, 0.1) is 0 Å². The molecule has 0 N–H and O–H groups in total. The van der Waals surface area contributed by atoms with Gasteiger partial charge in [0.05, 0.1) is 5.41 Å². The van der Waals surface area contributed by atoms with Gasteiger partial charge in [0.2, 0.25) is 0 Å². The Hall–Kier alpha value is -7.16. The SMILES string of the molecule is CC1(C)c2ccccc2-c2ccc(N(c3ccc(-c4ccccc4)cc3)c3ccc4c(c3)C3(c5ccccc5Oc5ccc6ccccc6c53)c3ccccc3-4)cc21. The minimum absolute atomic E-state index is 0.134. The molecule has 0 fully saturated rings. The Morgan fingerprint density at radius 2 is 0.931 bits per heavy atom. The van der Waals surface area contributed by atoms with Gasteiger partial charge in [0, 0.05) is 33.6 Å². The van der Waals surface area contributed by atoms with Crippen LogP contribution in [0.3, 0.4) is 0 Å². The van der Waals surface area contributed by atoms with Gasteiger partial charge in [-0.05, 0) is 115 Å². The molecule has 3 aliphatic rings. The lowest BCUT2D eigenvalue weighted by Gasteiger charge is -2.40. The number of ether oxygens (including phenoxy) is 1. The van der Waals surface area contributed by atoms with Crippen LogP contribution >= 0.6 is 0 Å².